The largest absolute Gasteiger partial charge is 0.466 e. The van der Waals surface area contributed by atoms with Crippen LogP contribution in [0, 0.1) is 6.92 Å². The third-order valence-electron chi connectivity index (χ3n) is 1.25. The molecule has 0 fully saturated rings. The van der Waals surface area contributed by atoms with Crippen LogP contribution in [0.2, 0.25) is 0 Å². The number of carbonyl (C=O) groups excluding carboxylic acids is 1. The summed E-state index contributed by atoms with van der Waals surface area (Å²) in [4.78, 5) is 9.84. The summed E-state index contributed by atoms with van der Waals surface area (Å²) in [5.41, 5.74) is 0. The van der Waals surface area contributed by atoms with E-state index in [0.717, 1.165) is 19.2 Å². The average molecular weight is 186 g/mol. The maximum absolute atomic E-state index is 9.84. The Balaban J connectivity index is 0. The molecule has 0 heterocycles. The zero-order valence-electron chi connectivity index (χ0n) is 8.64. The van der Waals surface area contributed by atoms with Gasteiger partial charge in [-0.3, -0.25) is 0 Å². The fraction of sp³-hybridized carbons (Fsp3) is 0.600. The van der Waals surface area contributed by atoms with Crippen LogP contribution in [0.4, 0.5) is 0 Å². The molecule has 0 aliphatic heterocycles. The van der Waals surface area contributed by atoms with E-state index in [-0.39, 0.29) is 0 Å². The van der Waals surface area contributed by atoms with Crippen molar-refractivity contribution in [2.75, 3.05) is 20.2 Å². The second-order valence-corrected chi connectivity index (χ2v) is 2.33. The lowest BCUT2D eigenvalue weighted by Gasteiger charge is -1.94. The van der Waals surface area contributed by atoms with Gasteiger partial charge in [-0.15, -0.1) is 0 Å². The lowest BCUT2D eigenvalue weighted by Crippen LogP contribution is -2.13. The number of hydrogen-bond acceptors (Lipinski definition) is 3. The van der Waals surface area contributed by atoms with Gasteiger partial charge in [0.05, 0.1) is 7.11 Å². The molecule has 0 aliphatic carbocycles. The zero-order chi connectivity index (χ0) is 10.5. The van der Waals surface area contributed by atoms with E-state index < -0.39 is 5.97 Å². The Labute approximate surface area is 81.2 Å². The molecule has 1 N–H and O–H groups in total. The topological polar surface area (TPSA) is 38.3 Å². The molecule has 0 amide bonds. The molecule has 0 rings (SSSR count). The summed E-state index contributed by atoms with van der Waals surface area (Å²) in [5, 5.41) is 3.14. The average Bonchev–Trinajstić information content (AvgIpc) is 2.18. The van der Waals surface area contributed by atoms with E-state index in [2.05, 4.69) is 30.5 Å². The smallest absolute Gasteiger partial charge is 0.329 e. The van der Waals surface area contributed by atoms with Gasteiger partial charge in [0.1, 0.15) is 0 Å². The molecule has 0 saturated heterocycles. The molecule has 0 unspecified atom stereocenters. The first-order valence-corrected chi connectivity index (χ1v) is 4.43. The van der Waals surface area contributed by atoms with Crippen LogP contribution >= 0.6 is 0 Å². The minimum Gasteiger partial charge on any atom is -0.466 e. The number of esters is 1. The number of hydrogen-bond donors (Lipinski definition) is 1. The first-order chi connectivity index (χ1) is 6.22. The summed E-state index contributed by atoms with van der Waals surface area (Å²) >= 11 is 0. The lowest BCUT2D eigenvalue weighted by molar-refractivity contribution is -0.134. The molecule has 77 valence electrons. The molecule has 0 aromatic carbocycles. The Hall–Kier alpha value is -0.830. The number of rotatable bonds is 5. The Morgan fingerprint density at radius 2 is 2.23 bits per heavy atom. The number of ether oxygens (including phenoxy) is 1. The Kier molecular flexibility index (Phi) is 15.5. The fourth-order valence-electron chi connectivity index (χ4n) is 0.510. The maximum Gasteiger partial charge on any atom is 0.329 e. The van der Waals surface area contributed by atoms with Crippen LogP contribution in [-0.2, 0) is 9.53 Å². The first kappa shape index (κ1) is 14.7. The van der Waals surface area contributed by atoms with Crippen LogP contribution in [0.5, 0.6) is 0 Å². The predicted molar refractivity (Wildman–Crippen MR) is 55.3 cm³/mol. The van der Waals surface area contributed by atoms with Gasteiger partial charge in [0.2, 0.25) is 0 Å². The molecular weight excluding hydrogens is 166 g/mol. The fourth-order valence-corrected chi connectivity index (χ4v) is 0.510. The molecule has 3 nitrogen and oxygen atoms in total. The third-order valence-corrected chi connectivity index (χ3v) is 1.25. The van der Waals surface area contributed by atoms with Crippen molar-refractivity contribution in [3.05, 3.63) is 19.6 Å². The van der Waals surface area contributed by atoms with E-state index in [1.807, 2.05) is 0 Å². The Morgan fingerprint density at radius 3 is 2.46 bits per heavy atom. The van der Waals surface area contributed by atoms with Crippen molar-refractivity contribution in [3.63, 3.8) is 0 Å². The summed E-state index contributed by atoms with van der Waals surface area (Å²) in [6.45, 7) is 11.0. The maximum atomic E-state index is 9.84. The highest BCUT2D eigenvalue weighted by Crippen LogP contribution is 1.80. The Bertz CT molecular complexity index is 120. The highest BCUT2D eigenvalue weighted by molar-refractivity contribution is 5.80. The van der Waals surface area contributed by atoms with Gasteiger partial charge in [-0.25, -0.2) is 4.79 Å². The monoisotopic (exact) mass is 186 g/mol. The van der Waals surface area contributed by atoms with Gasteiger partial charge in [-0.1, -0.05) is 19.9 Å². The SMILES string of the molecule is C=CC(=O)OC.[CH2]CNCCCC. The molecule has 0 atom stereocenters. The van der Waals surface area contributed by atoms with Gasteiger partial charge < -0.3 is 10.1 Å². The standard InChI is InChI=1S/C6H14N.C4H6O2/c1-3-5-6-7-4-2;1-3-4(5)6-2/h7H,2-6H2,1H3;3H,1H2,2H3. The van der Waals surface area contributed by atoms with Crippen molar-refractivity contribution in [1.29, 1.82) is 0 Å². The normalized spacial score (nSPS) is 8.23. The second kappa shape index (κ2) is 13.7. The van der Waals surface area contributed by atoms with E-state index in [1.165, 1.54) is 20.0 Å². The number of carbonyl (C=O) groups is 1. The van der Waals surface area contributed by atoms with E-state index in [9.17, 15) is 4.79 Å². The molecule has 0 bridgehead atoms. The van der Waals surface area contributed by atoms with Crippen molar-refractivity contribution in [2.24, 2.45) is 0 Å². The Morgan fingerprint density at radius 1 is 1.62 bits per heavy atom. The number of nitrogens with one attached hydrogen (secondary N) is 1. The van der Waals surface area contributed by atoms with E-state index >= 15 is 0 Å². The molecule has 3 heteroatoms. The van der Waals surface area contributed by atoms with Gasteiger partial charge in [0.15, 0.2) is 0 Å². The van der Waals surface area contributed by atoms with Crippen LogP contribution in [0.3, 0.4) is 0 Å². The minimum atomic E-state index is -0.394. The summed E-state index contributed by atoms with van der Waals surface area (Å²) in [5.74, 6) is -0.394. The van der Waals surface area contributed by atoms with Crippen LogP contribution in [0.1, 0.15) is 19.8 Å². The van der Waals surface area contributed by atoms with Crippen LogP contribution in [0.25, 0.3) is 0 Å². The van der Waals surface area contributed by atoms with Crippen molar-refractivity contribution >= 4 is 5.97 Å². The van der Waals surface area contributed by atoms with Crippen molar-refractivity contribution in [3.8, 4) is 0 Å². The van der Waals surface area contributed by atoms with Gasteiger partial charge >= 0.3 is 5.97 Å². The van der Waals surface area contributed by atoms with E-state index in [4.69, 9.17) is 0 Å². The van der Waals surface area contributed by atoms with Gasteiger partial charge in [-0.2, -0.15) is 0 Å². The summed E-state index contributed by atoms with van der Waals surface area (Å²) in [6.07, 6.45) is 3.66. The van der Waals surface area contributed by atoms with Crippen LogP contribution in [0.15, 0.2) is 12.7 Å². The molecule has 0 aromatic heterocycles. The summed E-state index contributed by atoms with van der Waals surface area (Å²) < 4.78 is 4.14. The second-order valence-electron chi connectivity index (χ2n) is 2.33. The van der Waals surface area contributed by atoms with E-state index in [0.29, 0.717) is 0 Å². The molecule has 13 heavy (non-hydrogen) atoms. The first-order valence-electron chi connectivity index (χ1n) is 4.43. The minimum absolute atomic E-state index is 0.394. The summed E-state index contributed by atoms with van der Waals surface area (Å²) in [6, 6.07) is 0. The van der Waals surface area contributed by atoms with Crippen LogP contribution < -0.4 is 5.32 Å². The molecule has 0 aliphatic rings. The van der Waals surface area contributed by atoms with Crippen molar-refractivity contribution < 1.29 is 9.53 Å². The van der Waals surface area contributed by atoms with Crippen molar-refractivity contribution in [1.82, 2.24) is 5.32 Å². The van der Waals surface area contributed by atoms with Gasteiger partial charge in [0, 0.05) is 6.08 Å². The summed E-state index contributed by atoms with van der Waals surface area (Å²) in [7, 11) is 1.31. The van der Waals surface area contributed by atoms with E-state index in [1.54, 1.807) is 0 Å². The molecule has 1 radical (unpaired) electrons. The number of unbranched alkanes of at least 4 members (excludes halogenated alkanes) is 1. The van der Waals surface area contributed by atoms with Gasteiger partial charge in [-0.05, 0) is 26.4 Å². The zero-order valence-corrected chi connectivity index (χ0v) is 8.64. The molecule has 0 saturated carbocycles. The molecular formula is C10H20NO2. The number of methoxy groups -OCH3 is 1. The lowest BCUT2D eigenvalue weighted by atomic mass is 10.3. The molecule has 0 aromatic rings. The third kappa shape index (κ3) is 18.3. The highest BCUT2D eigenvalue weighted by atomic mass is 16.5. The highest BCUT2D eigenvalue weighted by Gasteiger charge is 1.81. The molecule has 0 spiro atoms. The predicted octanol–water partition coefficient (Wildman–Crippen LogP) is 1.56. The van der Waals surface area contributed by atoms with Crippen molar-refractivity contribution in [2.45, 2.75) is 19.8 Å². The quantitative estimate of drug-likeness (QED) is 0.402. The van der Waals surface area contributed by atoms with Gasteiger partial charge in [0.25, 0.3) is 0 Å². The van der Waals surface area contributed by atoms with Crippen LogP contribution in [-0.4, -0.2) is 26.2 Å².